The van der Waals surface area contributed by atoms with Crippen LogP contribution in [0.2, 0.25) is 0 Å². The van der Waals surface area contributed by atoms with Gasteiger partial charge in [0.1, 0.15) is 11.6 Å². The van der Waals surface area contributed by atoms with E-state index in [0.29, 0.717) is 18.4 Å². The molecule has 0 amide bonds. The van der Waals surface area contributed by atoms with E-state index in [4.69, 9.17) is 0 Å². The summed E-state index contributed by atoms with van der Waals surface area (Å²) in [5.41, 5.74) is 0.158. The average molecular weight is 236 g/mol. The third kappa shape index (κ3) is 2.43. The molecular weight excluding hydrogens is 222 g/mol. The number of rotatable bonds is 1. The second-order valence-corrected chi connectivity index (χ2v) is 5.25. The highest BCUT2D eigenvalue weighted by Gasteiger charge is 2.30. The molecule has 0 atom stereocenters. The van der Waals surface area contributed by atoms with Gasteiger partial charge in [0, 0.05) is 12.0 Å². The van der Waals surface area contributed by atoms with Gasteiger partial charge in [-0.15, -0.1) is 0 Å². The van der Waals surface area contributed by atoms with Gasteiger partial charge >= 0.3 is 0 Å². The molecule has 0 unspecified atom stereocenters. The summed E-state index contributed by atoms with van der Waals surface area (Å²) in [7, 11) is 0. The van der Waals surface area contributed by atoms with Crippen LogP contribution < -0.4 is 0 Å². The van der Waals surface area contributed by atoms with Crippen LogP contribution in [0, 0.1) is 17.0 Å². The fourth-order valence-corrected chi connectivity index (χ4v) is 2.31. The summed E-state index contributed by atoms with van der Waals surface area (Å²) in [5, 5.41) is 0. The Morgan fingerprint density at radius 2 is 1.71 bits per heavy atom. The Labute approximate surface area is 99.1 Å². The molecule has 2 rings (SSSR count). The number of hydrogen-bond donors (Lipinski definition) is 0. The Balaban J connectivity index is 2.50. The van der Waals surface area contributed by atoms with Crippen LogP contribution in [-0.2, 0) is 4.79 Å². The molecule has 0 radical (unpaired) electrons. The van der Waals surface area contributed by atoms with Crippen LogP contribution in [0.3, 0.4) is 0 Å². The molecule has 0 aliphatic heterocycles. The fourth-order valence-electron chi connectivity index (χ4n) is 2.31. The molecule has 17 heavy (non-hydrogen) atoms. The van der Waals surface area contributed by atoms with Gasteiger partial charge in [-0.1, -0.05) is 19.9 Å². The molecule has 0 saturated carbocycles. The molecule has 0 saturated heterocycles. The van der Waals surface area contributed by atoms with Gasteiger partial charge in [0.05, 0.1) is 0 Å². The number of ketones is 1. The van der Waals surface area contributed by atoms with Crippen LogP contribution in [0.5, 0.6) is 0 Å². The predicted octanol–water partition coefficient (Wildman–Crippen LogP) is 3.74. The van der Waals surface area contributed by atoms with Crippen molar-refractivity contribution >= 4 is 11.4 Å². The monoisotopic (exact) mass is 236 g/mol. The molecule has 0 heterocycles. The summed E-state index contributed by atoms with van der Waals surface area (Å²) >= 11 is 0. The summed E-state index contributed by atoms with van der Waals surface area (Å²) in [4.78, 5) is 11.6. The number of carbonyl (C=O) groups is 1. The minimum atomic E-state index is -0.609. The Bertz CT molecular complexity index is 481. The highest BCUT2D eigenvalue weighted by molar-refractivity contribution is 5.99. The van der Waals surface area contributed by atoms with Crippen molar-refractivity contribution in [3.63, 3.8) is 0 Å². The first-order valence-electron chi connectivity index (χ1n) is 5.57. The molecular formula is C14H14F2O. The summed E-state index contributed by atoms with van der Waals surface area (Å²) < 4.78 is 27.2. The Morgan fingerprint density at radius 3 is 2.24 bits per heavy atom. The lowest BCUT2D eigenvalue weighted by molar-refractivity contribution is -0.116. The average Bonchev–Trinajstić information content (AvgIpc) is 2.13. The van der Waals surface area contributed by atoms with Crippen molar-refractivity contribution in [3.05, 3.63) is 41.5 Å². The zero-order chi connectivity index (χ0) is 12.6. The maximum atomic E-state index is 13.6. The van der Waals surface area contributed by atoms with Gasteiger partial charge < -0.3 is 0 Å². The van der Waals surface area contributed by atoms with Crippen molar-refractivity contribution in [2.45, 2.75) is 26.7 Å². The lowest BCUT2D eigenvalue weighted by Gasteiger charge is -2.29. The van der Waals surface area contributed by atoms with Crippen LogP contribution in [0.1, 0.15) is 32.3 Å². The van der Waals surface area contributed by atoms with Gasteiger partial charge in [0.15, 0.2) is 5.78 Å². The molecule has 1 aromatic rings. The highest BCUT2D eigenvalue weighted by Crippen LogP contribution is 2.39. The van der Waals surface area contributed by atoms with Crippen LogP contribution in [-0.4, -0.2) is 5.78 Å². The Hall–Kier alpha value is -1.51. The first-order chi connectivity index (χ1) is 7.89. The van der Waals surface area contributed by atoms with Gasteiger partial charge in [0.25, 0.3) is 0 Å². The predicted molar refractivity (Wildman–Crippen MR) is 62.4 cm³/mol. The molecule has 1 aromatic carbocycles. The molecule has 3 heteroatoms. The van der Waals surface area contributed by atoms with E-state index < -0.39 is 11.6 Å². The van der Waals surface area contributed by atoms with E-state index in [0.717, 1.165) is 0 Å². The maximum Gasteiger partial charge on any atom is 0.156 e. The second-order valence-electron chi connectivity index (χ2n) is 5.25. The van der Waals surface area contributed by atoms with Crippen LogP contribution >= 0.6 is 0 Å². The summed E-state index contributed by atoms with van der Waals surface area (Å²) in [6.07, 6.45) is 2.30. The maximum absolute atomic E-state index is 13.6. The Morgan fingerprint density at radius 1 is 1.12 bits per heavy atom. The van der Waals surface area contributed by atoms with Gasteiger partial charge in [0.2, 0.25) is 0 Å². The Kier molecular flexibility index (Phi) is 2.86. The molecule has 0 spiro atoms. The van der Waals surface area contributed by atoms with Crippen molar-refractivity contribution in [2.24, 2.45) is 5.41 Å². The largest absolute Gasteiger partial charge is 0.295 e. The second kappa shape index (κ2) is 4.06. The van der Waals surface area contributed by atoms with Gasteiger partial charge in [-0.05, 0) is 35.6 Å². The molecule has 0 N–H and O–H groups in total. The first-order valence-corrected chi connectivity index (χ1v) is 5.57. The molecule has 1 nitrogen and oxygen atoms in total. The third-order valence-electron chi connectivity index (χ3n) is 2.94. The first kappa shape index (κ1) is 12.0. The van der Waals surface area contributed by atoms with Crippen molar-refractivity contribution in [1.29, 1.82) is 0 Å². The van der Waals surface area contributed by atoms with Gasteiger partial charge in [-0.2, -0.15) is 0 Å². The SMILES string of the molecule is CC1(C)CC(=O)C=C(c2c(F)cccc2F)C1. The number of allylic oxidation sites excluding steroid dienone is 2. The van der Waals surface area contributed by atoms with Crippen molar-refractivity contribution in [2.75, 3.05) is 0 Å². The minimum absolute atomic E-state index is 0.0615. The lowest BCUT2D eigenvalue weighted by atomic mass is 9.75. The quantitative estimate of drug-likeness (QED) is 0.726. The molecule has 0 aromatic heterocycles. The van der Waals surface area contributed by atoms with Crippen LogP contribution in [0.25, 0.3) is 5.57 Å². The van der Waals surface area contributed by atoms with E-state index in [1.807, 2.05) is 13.8 Å². The number of hydrogen-bond acceptors (Lipinski definition) is 1. The van der Waals surface area contributed by atoms with Crippen molar-refractivity contribution < 1.29 is 13.6 Å². The van der Waals surface area contributed by atoms with Crippen LogP contribution in [0.15, 0.2) is 24.3 Å². The number of benzene rings is 1. The minimum Gasteiger partial charge on any atom is -0.295 e. The standard InChI is InChI=1S/C14H14F2O/c1-14(2)7-9(6-10(17)8-14)13-11(15)4-3-5-12(13)16/h3-6H,7-8H2,1-2H3. The summed E-state index contributed by atoms with van der Waals surface area (Å²) in [5.74, 6) is -1.29. The van der Waals surface area contributed by atoms with E-state index >= 15 is 0 Å². The number of carbonyl (C=O) groups excluding carboxylic acids is 1. The van der Waals surface area contributed by atoms with Crippen LogP contribution in [0.4, 0.5) is 8.78 Å². The third-order valence-corrected chi connectivity index (χ3v) is 2.94. The number of halogens is 2. The molecule has 90 valence electrons. The lowest BCUT2D eigenvalue weighted by Crippen LogP contribution is -2.22. The van der Waals surface area contributed by atoms with Gasteiger partial charge in [-0.25, -0.2) is 8.78 Å². The molecule has 1 aliphatic carbocycles. The summed E-state index contributed by atoms with van der Waals surface area (Å²) in [6.45, 7) is 3.85. The zero-order valence-electron chi connectivity index (χ0n) is 9.89. The van der Waals surface area contributed by atoms with Gasteiger partial charge in [-0.3, -0.25) is 4.79 Å². The fraction of sp³-hybridized carbons (Fsp3) is 0.357. The normalized spacial score (nSPS) is 19.1. The van der Waals surface area contributed by atoms with E-state index in [2.05, 4.69) is 0 Å². The molecule has 0 bridgehead atoms. The summed E-state index contributed by atoms with van der Waals surface area (Å²) in [6, 6.07) is 3.75. The van der Waals surface area contributed by atoms with E-state index in [1.165, 1.54) is 24.3 Å². The van der Waals surface area contributed by atoms with Crippen molar-refractivity contribution in [1.82, 2.24) is 0 Å². The molecule has 1 aliphatic rings. The van der Waals surface area contributed by atoms with E-state index in [1.54, 1.807) is 0 Å². The van der Waals surface area contributed by atoms with Crippen molar-refractivity contribution in [3.8, 4) is 0 Å². The van der Waals surface area contributed by atoms with E-state index in [-0.39, 0.29) is 16.8 Å². The van der Waals surface area contributed by atoms with E-state index in [9.17, 15) is 13.6 Å². The smallest absolute Gasteiger partial charge is 0.156 e. The highest BCUT2D eigenvalue weighted by atomic mass is 19.1. The topological polar surface area (TPSA) is 17.1 Å². The zero-order valence-corrected chi connectivity index (χ0v) is 9.89. The molecule has 0 fully saturated rings.